The van der Waals surface area contributed by atoms with Crippen LogP contribution in [-0.2, 0) is 4.74 Å². The maximum atomic E-state index is 13.1. The summed E-state index contributed by atoms with van der Waals surface area (Å²) in [6.07, 6.45) is 3.52. The fourth-order valence-corrected chi connectivity index (χ4v) is 1.97. The SMILES string of the molecule is CC(NCCCOCC1CC1)c1cc(F)cc(F)c1. The lowest BCUT2D eigenvalue weighted by molar-refractivity contribution is 0.121. The van der Waals surface area contributed by atoms with Crippen molar-refractivity contribution in [2.75, 3.05) is 19.8 Å². The third-order valence-electron chi connectivity index (χ3n) is 3.35. The molecule has 1 unspecified atom stereocenters. The van der Waals surface area contributed by atoms with E-state index in [0.29, 0.717) is 5.56 Å². The van der Waals surface area contributed by atoms with Gasteiger partial charge in [0.05, 0.1) is 0 Å². The van der Waals surface area contributed by atoms with E-state index in [4.69, 9.17) is 4.74 Å². The normalized spacial score (nSPS) is 16.6. The molecule has 0 saturated heterocycles. The van der Waals surface area contributed by atoms with Gasteiger partial charge in [0.15, 0.2) is 0 Å². The molecule has 1 fully saturated rings. The van der Waals surface area contributed by atoms with E-state index in [9.17, 15) is 8.78 Å². The van der Waals surface area contributed by atoms with E-state index in [1.807, 2.05) is 6.92 Å². The van der Waals surface area contributed by atoms with Gasteiger partial charge in [0.2, 0.25) is 0 Å². The number of halogens is 2. The van der Waals surface area contributed by atoms with Gasteiger partial charge in [0.25, 0.3) is 0 Å². The Kier molecular flexibility index (Phi) is 5.28. The Morgan fingerprint density at radius 2 is 1.95 bits per heavy atom. The first-order chi connectivity index (χ1) is 9.15. The quantitative estimate of drug-likeness (QED) is 0.730. The maximum absolute atomic E-state index is 13.1. The molecule has 0 bridgehead atoms. The molecule has 106 valence electrons. The molecule has 1 aromatic rings. The van der Waals surface area contributed by atoms with Crippen LogP contribution in [0.1, 0.15) is 37.8 Å². The standard InChI is InChI=1S/C15H21F2NO/c1-11(13-7-14(16)9-15(17)8-13)18-5-2-6-19-10-12-3-4-12/h7-9,11-12,18H,2-6,10H2,1H3. The van der Waals surface area contributed by atoms with Gasteiger partial charge < -0.3 is 10.1 Å². The van der Waals surface area contributed by atoms with E-state index in [1.165, 1.54) is 25.0 Å². The lowest BCUT2D eigenvalue weighted by Crippen LogP contribution is -2.21. The fourth-order valence-electron chi connectivity index (χ4n) is 1.97. The van der Waals surface area contributed by atoms with Gasteiger partial charge in [0, 0.05) is 25.3 Å². The van der Waals surface area contributed by atoms with Crippen molar-refractivity contribution < 1.29 is 13.5 Å². The predicted molar refractivity (Wildman–Crippen MR) is 70.9 cm³/mol. The van der Waals surface area contributed by atoms with Crippen LogP contribution < -0.4 is 5.32 Å². The van der Waals surface area contributed by atoms with Crippen molar-refractivity contribution in [3.8, 4) is 0 Å². The molecule has 19 heavy (non-hydrogen) atoms. The average Bonchev–Trinajstić information content (AvgIpc) is 3.16. The van der Waals surface area contributed by atoms with Gasteiger partial charge in [-0.1, -0.05) is 0 Å². The summed E-state index contributed by atoms with van der Waals surface area (Å²) in [4.78, 5) is 0. The van der Waals surface area contributed by atoms with Crippen molar-refractivity contribution in [3.05, 3.63) is 35.4 Å². The van der Waals surface area contributed by atoms with Crippen LogP contribution in [0.4, 0.5) is 8.78 Å². The molecule has 0 radical (unpaired) electrons. The van der Waals surface area contributed by atoms with Crippen LogP contribution in [0, 0.1) is 17.6 Å². The van der Waals surface area contributed by atoms with Gasteiger partial charge >= 0.3 is 0 Å². The van der Waals surface area contributed by atoms with Crippen molar-refractivity contribution in [2.45, 2.75) is 32.2 Å². The third-order valence-corrected chi connectivity index (χ3v) is 3.35. The van der Waals surface area contributed by atoms with Crippen LogP contribution in [0.5, 0.6) is 0 Å². The van der Waals surface area contributed by atoms with E-state index < -0.39 is 11.6 Å². The first kappa shape index (κ1) is 14.4. The summed E-state index contributed by atoms with van der Waals surface area (Å²) in [6.45, 7) is 4.31. The summed E-state index contributed by atoms with van der Waals surface area (Å²) in [5, 5.41) is 3.24. The lowest BCUT2D eigenvalue weighted by atomic mass is 10.1. The van der Waals surface area contributed by atoms with E-state index in [2.05, 4.69) is 5.32 Å². The Hall–Kier alpha value is -1.00. The molecule has 1 N–H and O–H groups in total. The molecule has 1 aliphatic rings. The molecule has 2 rings (SSSR count). The predicted octanol–water partition coefficient (Wildman–Crippen LogP) is 3.43. The van der Waals surface area contributed by atoms with Crippen molar-refractivity contribution in [1.29, 1.82) is 0 Å². The second-order valence-electron chi connectivity index (χ2n) is 5.25. The minimum atomic E-state index is -0.531. The highest BCUT2D eigenvalue weighted by atomic mass is 19.1. The number of hydrogen-bond donors (Lipinski definition) is 1. The lowest BCUT2D eigenvalue weighted by Gasteiger charge is -2.14. The Bertz CT molecular complexity index is 387. The van der Waals surface area contributed by atoms with Crippen molar-refractivity contribution in [3.63, 3.8) is 0 Å². The monoisotopic (exact) mass is 269 g/mol. The van der Waals surface area contributed by atoms with Gasteiger partial charge in [0.1, 0.15) is 11.6 Å². The van der Waals surface area contributed by atoms with E-state index in [1.54, 1.807) is 0 Å². The number of nitrogens with one attached hydrogen (secondary N) is 1. The van der Waals surface area contributed by atoms with Crippen LogP contribution in [0.2, 0.25) is 0 Å². The van der Waals surface area contributed by atoms with Gasteiger partial charge in [-0.2, -0.15) is 0 Å². The molecule has 1 aromatic carbocycles. The van der Waals surface area contributed by atoms with Crippen LogP contribution >= 0.6 is 0 Å². The Labute approximate surface area is 113 Å². The highest BCUT2D eigenvalue weighted by Gasteiger charge is 2.20. The molecule has 0 aliphatic heterocycles. The average molecular weight is 269 g/mol. The second kappa shape index (κ2) is 6.96. The van der Waals surface area contributed by atoms with Crippen molar-refractivity contribution in [1.82, 2.24) is 5.32 Å². The van der Waals surface area contributed by atoms with Crippen molar-refractivity contribution in [2.24, 2.45) is 5.92 Å². The molecular weight excluding hydrogens is 248 g/mol. The Morgan fingerprint density at radius 1 is 1.26 bits per heavy atom. The van der Waals surface area contributed by atoms with Crippen LogP contribution in [0.25, 0.3) is 0 Å². The summed E-state index contributed by atoms with van der Waals surface area (Å²) < 4.78 is 31.7. The summed E-state index contributed by atoms with van der Waals surface area (Å²) in [5.74, 6) is -0.269. The van der Waals surface area contributed by atoms with Crippen LogP contribution in [0.15, 0.2) is 18.2 Å². The number of hydrogen-bond acceptors (Lipinski definition) is 2. The van der Waals surface area contributed by atoms with Crippen LogP contribution in [0.3, 0.4) is 0 Å². The van der Waals surface area contributed by atoms with Gasteiger partial charge in [-0.15, -0.1) is 0 Å². The van der Waals surface area contributed by atoms with Crippen LogP contribution in [-0.4, -0.2) is 19.8 Å². The zero-order valence-electron chi connectivity index (χ0n) is 11.3. The number of ether oxygens (including phenoxy) is 1. The molecule has 1 aliphatic carbocycles. The molecule has 1 saturated carbocycles. The highest BCUT2D eigenvalue weighted by molar-refractivity contribution is 5.20. The zero-order valence-corrected chi connectivity index (χ0v) is 11.3. The summed E-state index contributed by atoms with van der Waals surface area (Å²) in [7, 11) is 0. The van der Waals surface area contributed by atoms with Crippen molar-refractivity contribution >= 4 is 0 Å². The van der Waals surface area contributed by atoms with E-state index in [-0.39, 0.29) is 6.04 Å². The van der Waals surface area contributed by atoms with E-state index in [0.717, 1.165) is 38.2 Å². The van der Waals surface area contributed by atoms with Gasteiger partial charge in [-0.05, 0) is 56.3 Å². The topological polar surface area (TPSA) is 21.3 Å². The molecule has 4 heteroatoms. The Morgan fingerprint density at radius 3 is 2.58 bits per heavy atom. The van der Waals surface area contributed by atoms with Gasteiger partial charge in [-0.25, -0.2) is 8.78 Å². The largest absolute Gasteiger partial charge is 0.381 e. The zero-order chi connectivity index (χ0) is 13.7. The summed E-state index contributed by atoms with van der Waals surface area (Å²) >= 11 is 0. The molecule has 0 spiro atoms. The molecule has 0 aromatic heterocycles. The first-order valence-corrected chi connectivity index (χ1v) is 6.92. The first-order valence-electron chi connectivity index (χ1n) is 6.92. The molecule has 2 nitrogen and oxygen atoms in total. The maximum Gasteiger partial charge on any atom is 0.126 e. The van der Waals surface area contributed by atoms with E-state index >= 15 is 0 Å². The molecular formula is C15H21F2NO. The number of rotatable bonds is 8. The minimum Gasteiger partial charge on any atom is -0.381 e. The summed E-state index contributed by atoms with van der Waals surface area (Å²) in [5.41, 5.74) is 0.636. The molecule has 0 heterocycles. The number of benzene rings is 1. The summed E-state index contributed by atoms with van der Waals surface area (Å²) in [6, 6.07) is 3.56. The Balaban J connectivity index is 1.63. The highest BCUT2D eigenvalue weighted by Crippen LogP contribution is 2.28. The fraction of sp³-hybridized carbons (Fsp3) is 0.600. The molecule has 0 amide bonds. The van der Waals surface area contributed by atoms with Gasteiger partial charge in [-0.3, -0.25) is 0 Å². The minimum absolute atomic E-state index is 0.0615. The third kappa shape index (κ3) is 5.25. The smallest absolute Gasteiger partial charge is 0.126 e. The molecule has 1 atom stereocenters. The second-order valence-corrected chi connectivity index (χ2v) is 5.25.